The van der Waals surface area contributed by atoms with Gasteiger partial charge in [-0.3, -0.25) is 9.79 Å². The highest BCUT2D eigenvalue weighted by Gasteiger charge is 2.12. The number of nitrogens with two attached hydrogens (primary N) is 1. The first-order chi connectivity index (χ1) is 8.74. The van der Waals surface area contributed by atoms with Crippen LogP contribution < -0.4 is 5.73 Å². The highest BCUT2D eigenvalue weighted by molar-refractivity contribution is 7.99. The largest absolute Gasteiger partial charge is 0.366 e. The van der Waals surface area contributed by atoms with E-state index in [1.807, 2.05) is 42.6 Å². The monoisotopic (exact) mass is 254 g/mol. The molecule has 88 valence electrons. The summed E-state index contributed by atoms with van der Waals surface area (Å²) in [5.41, 5.74) is 7.77. The molecule has 1 aliphatic heterocycles. The lowest BCUT2D eigenvalue weighted by molar-refractivity contribution is 0.1000. The van der Waals surface area contributed by atoms with Crippen molar-refractivity contribution in [2.45, 2.75) is 9.79 Å². The summed E-state index contributed by atoms with van der Waals surface area (Å²) in [5.74, 6) is -0.409. The fourth-order valence-corrected chi connectivity index (χ4v) is 2.82. The molecule has 0 saturated carbocycles. The van der Waals surface area contributed by atoms with E-state index in [2.05, 4.69) is 4.99 Å². The third-order valence-electron chi connectivity index (χ3n) is 2.73. The Labute approximate surface area is 109 Å². The van der Waals surface area contributed by atoms with Gasteiger partial charge in [0.25, 0.3) is 0 Å². The van der Waals surface area contributed by atoms with Crippen molar-refractivity contribution in [2.24, 2.45) is 10.7 Å². The molecule has 1 heterocycles. The molecular formula is C14H10N2OS. The predicted octanol–water partition coefficient (Wildman–Crippen LogP) is 3.00. The van der Waals surface area contributed by atoms with Crippen LogP contribution in [-0.4, -0.2) is 12.1 Å². The van der Waals surface area contributed by atoms with E-state index < -0.39 is 5.91 Å². The molecular weight excluding hydrogens is 244 g/mol. The predicted molar refractivity (Wildman–Crippen MR) is 72.8 cm³/mol. The molecule has 0 unspecified atom stereocenters. The number of rotatable bonds is 1. The molecule has 2 aromatic carbocycles. The SMILES string of the molecule is NC(=O)c1ccc2c(c1)Sc1ccccc1N=C2. The Kier molecular flexibility index (Phi) is 2.64. The highest BCUT2D eigenvalue weighted by atomic mass is 32.2. The number of para-hydroxylation sites is 1. The molecule has 0 atom stereocenters. The van der Waals surface area contributed by atoms with Crippen LogP contribution in [0.15, 0.2) is 57.2 Å². The quantitative estimate of drug-likeness (QED) is 0.725. The normalized spacial score (nSPS) is 12.4. The minimum Gasteiger partial charge on any atom is -0.366 e. The highest BCUT2D eigenvalue weighted by Crippen LogP contribution is 2.38. The lowest BCUT2D eigenvalue weighted by Gasteiger charge is -2.05. The maximum absolute atomic E-state index is 11.2. The van der Waals surface area contributed by atoms with Gasteiger partial charge in [0.1, 0.15) is 0 Å². The van der Waals surface area contributed by atoms with Crippen LogP contribution in [0.4, 0.5) is 5.69 Å². The van der Waals surface area contributed by atoms with E-state index in [0.717, 1.165) is 21.0 Å². The summed E-state index contributed by atoms with van der Waals surface area (Å²) < 4.78 is 0. The third-order valence-corrected chi connectivity index (χ3v) is 3.86. The van der Waals surface area contributed by atoms with Gasteiger partial charge in [-0.25, -0.2) is 0 Å². The molecule has 0 saturated heterocycles. The molecule has 0 bridgehead atoms. The van der Waals surface area contributed by atoms with Crippen LogP contribution in [0.25, 0.3) is 0 Å². The molecule has 3 nitrogen and oxygen atoms in total. The Bertz CT molecular complexity index is 665. The topological polar surface area (TPSA) is 55.5 Å². The molecule has 0 radical (unpaired) electrons. The third kappa shape index (κ3) is 1.91. The minimum atomic E-state index is -0.409. The van der Waals surface area contributed by atoms with E-state index in [0.29, 0.717) is 5.56 Å². The molecule has 18 heavy (non-hydrogen) atoms. The van der Waals surface area contributed by atoms with Crippen molar-refractivity contribution in [3.05, 3.63) is 53.6 Å². The van der Waals surface area contributed by atoms with Crippen molar-refractivity contribution in [1.29, 1.82) is 0 Å². The molecule has 0 spiro atoms. The Morgan fingerprint density at radius 3 is 2.78 bits per heavy atom. The maximum Gasteiger partial charge on any atom is 0.248 e. The van der Waals surface area contributed by atoms with E-state index >= 15 is 0 Å². The zero-order valence-electron chi connectivity index (χ0n) is 9.46. The van der Waals surface area contributed by atoms with Gasteiger partial charge < -0.3 is 5.73 Å². The fourth-order valence-electron chi connectivity index (χ4n) is 1.79. The van der Waals surface area contributed by atoms with Crippen LogP contribution in [0, 0.1) is 0 Å². The molecule has 0 fully saturated rings. The van der Waals surface area contributed by atoms with Gasteiger partial charge in [0.15, 0.2) is 0 Å². The summed E-state index contributed by atoms with van der Waals surface area (Å²) >= 11 is 1.60. The average molecular weight is 254 g/mol. The molecule has 4 heteroatoms. The van der Waals surface area contributed by atoms with Crippen LogP contribution in [0.5, 0.6) is 0 Å². The summed E-state index contributed by atoms with van der Waals surface area (Å²) in [4.78, 5) is 17.7. The first kappa shape index (κ1) is 11.0. The molecule has 0 aliphatic carbocycles. The van der Waals surface area contributed by atoms with Gasteiger partial charge >= 0.3 is 0 Å². The summed E-state index contributed by atoms with van der Waals surface area (Å²) in [6, 6.07) is 13.3. The Morgan fingerprint density at radius 1 is 1.11 bits per heavy atom. The summed E-state index contributed by atoms with van der Waals surface area (Å²) in [5, 5.41) is 0. The number of amides is 1. The van der Waals surface area contributed by atoms with Crippen LogP contribution in [0.3, 0.4) is 0 Å². The van der Waals surface area contributed by atoms with Gasteiger partial charge in [-0.1, -0.05) is 30.0 Å². The van der Waals surface area contributed by atoms with Crippen LogP contribution >= 0.6 is 11.8 Å². The molecule has 1 amide bonds. The van der Waals surface area contributed by atoms with Crippen molar-refractivity contribution < 1.29 is 4.79 Å². The van der Waals surface area contributed by atoms with E-state index in [9.17, 15) is 4.79 Å². The van der Waals surface area contributed by atoms with E-state index in [1.165, 1.54) is 0 Å². The zero-order valence-corrected chi connectivity index (χ0v) is 10.3. The lowest BCUT2D eigenvalue weighted by Crippen LogP contribution is -2.11. The number of primary amides is 1. The number of fused-ring (bicyclic) bond motifs is 2. The number of aliphatic imine (C=N–C) groups is 1. The smallest absolute Gasteiger partial charge is 0.248 e. The number of benzene rings is 2. The first-order valence-corrected chi connectivity index (χ1v) is 6.30. The lowest BCUT2D eigenvalue weighted by atomic mass is 10.1. The summed E-state index contributed by atoms with van der Waals surface area (Å²) in [7, 11) is 0. The summed E-state index contributed by atoms with van der Waals surface area (Å²) in [6.07, 6.45) is 1.82. The summed E-state index contributed by atoms with van der Waals surface area (Å²) in [6.45, 7) is 0. The molecule has 1 aliphatic rings. The van der Waals surface area contributed by atoms with Gasteiger partial charge in [-0.05, 0) is 24.3 Å². The van der Waals surface area contributed by atoms with Crippen LogP contribution in [0.2, 0.25) is 0 Å². The van der Waals surface area contributed by atoms with Gasteiger partial charge in [0, 0.05) is 27.1 Å². The van der Waals surface area contributed by atoms with Crippen molar-refractivity contribution in [1.82, 2.24) is 0 Å². The van der Waals surface area contributed by atoms with Crippen LogP contribution in [-0.2, 0) is 0 Å². The van der Waals surface area contributed by atoms with E-state index in [-0.39, 0.29) is 0 Å². The Balaban J connectivity index is 2.13. The second-order valence-electron chi connectivity index (χ2n) is 3.94. The van der Waals surface area contributed by atoms with Gasteiger partial charge in [0.05, 0.1) is 5.69 Å². The van der Waals surface area contributed by atoms with Crippen molar-refractivity contribution >= 4 is 29.6 Å². The Morgan fingerprint density at radius 2 is 1.94 bits per heavy atom. The number of carbonyl (C=O) groups is 1. The molecule has 2 N–H and O–H groups in total. The van der Waals surface area contributed by atoms with E-state index in [1.54, 1.807) is 17.8 Å². The van der Waals surface area contributed by atoms with Gasteiger partial charge in [-0.2, -0.15) is 0 Å². The van der Waals surface area contributed by atoms with Gasteiger partial charge in [-0.15, -0.1) is 0 Å². The van der Waals surface area contributed by atoms with E-state index in [4.69, 9.17) is 5.73 Å². The minimum absolute atomic E-state index is 0.409. The van der Waals surface area contributed by atoms with Crippen molar-refractivity contribution in [2.75, 3.05) is 0 Å². The molecule has 3 rings (SSSR count). The van der Waals surface area contributed by atoms with Crippen LogP contribution in [0.1, 0.15) is 15.9 Å². The van der Waals surface area contributed by atoms with Gasteiger partial charge in [0.2, 0.25) is 5.91 Å². The molecule has 0 aromatic heterocycles. The number of nitrogens with zero attached hydrogens (tertiary/aromatic N) is 1. The fraction of sp³-hybridized carbons (Fsp3) is 0. The number of carbonyl (C=O) groups excluding carboxylic acids is 1. The molecule has 2 aromatic rings. The number of hydrogen-bond donors (Lipinski definition) is 1. The second kappa shape index (κ2) is 4.31. The van der Waals surface area contributed by atoms with Crippen molar-refractivity contribution in [3.63, 3.8) is 0 Å². The standard InChI is InChI=1S/C14H10N2OS/c15-14(17)9-5-6-10-8-16-11-3-1-2-4-12(11)18-13(10)7-9/h1-8H,(H2,15,17). The maximum atomic E-state index is 11.2. The second-order valence-corrected chi connectivity index (χ2v) is 5.03. The first-order valence-electron chi connectivity index (χ1n) is 5.49. The Hall–Kier alpha value is -2.07. The number of hydrogen-bond acceptors (Lipinski definition) is 3. The average Bonchev–Trinajstić information content (AvgIpc) is 2.56. The zero-order chi connectivity index (χ0) is 12.5. The van der Waals surface area contributed by atoms with Crippen molar-refractivity contribution in [3.8, 4) is 0 Å².